The van der Waals surface area contributed by atoms with E-state index in [0.717, 1.165) is 23.8 Å². The molecule has 0 radical (unpaired) electrons. The van der Waals surface area contributed by atoms with Gasteiger partial charge < -0.3 is 5.11 Å². The Bertz CT molecular complexity index is 369. The SMILES string of the molecule is CCCSCc1ncc(C(=O)O)c(CC)n1. The molecule has 0 bridgehead atoms. The minimum Gasteiger partial charge on any atom is -0.478 e. The van der Waals surface area contributed by atoms with Crippen molar-refractivity contribution in [2.24, 2.45) is 0 Å². The highest BCUT2D eigenvalue weighted by molar-refractivity contribution is 7.98. The lowest BCUT2D eigenvalue weighted by molar-refractivity contribution is 0.0694. The van der Waals surface area contributed by atoms with Crippen molar-refractivity contribution in [2.45, 2.75) is 32.4 Å². The van der Waals surface area contributed by atoms with Gasteiger partial charge in [0.2, 0.25) is 0 Å². The maximum atomic E-state index is 10.9. The highest BCUT2D eigenvalue weighted by Gasteiger charge is 2.11. The van der Waals surface area contributed by atoms with Crippen molar-refractivity contribution in [3.8, 4) is 0 Å². The summed E-state index contributed by atoms with van der Waals surface area (Å²) in [5.41, 5.74) is 0.835. The fourth-order valence-electron chi connectivity index (χ4n) is 1.28. The largest absolute Gasteiger partial charge is 0.478 e. The number of rotatable bonds is 6. The van der Waals surface area contributed by atoms with Gasteiger partial charge in [-0.1, -0.05) is 13.8 Å². The van der Waals surface area contributed by atoms with E-state index in [1.807, 2.05) is 6.92 Å². The first kappa shape index (κ1) is 13.0. The van der Waals surface area contributed by atoms with E-state index in [-0.39, 0.29) is 5.56 Å². The number of nitrogens with zero attached hydrogens (tertiary/aromatic N) is 2. The lowest BCUT2D eigenvalue weighted by Gasteiger charge is -2.05. The molecule has 0 saturated carbocycles. The van der Waals surface area contributed by atoms with E-state index in [1.54, 1.807) is 11.8 Å². The van der Waals surface area contributed by atoms with Crippen molar-refractivity contribution in [1.82, 2.24) is 9.97 Å². The molecule has 4 nitrogen and oxygen atoms in total. The van der Waals surface area contributed by atoms with Crippen LogP contribution in [0.2, 0.25) is 0 Å². The molecule has 0 aromatic carbocycles. The Labute approximate surface area is 99.5 Å². The lowest BCUT2D eigenvalue weighted by Crippen LogP contribution is -2.08. The zero-order valence-electron chi connectivity index (χ0n) is 9.56. The fourth-order valence-corrected chi connectivity index (χ4v) is 2.04. The number of carboxylic acid groups (broad SMARTS) is 1. The summed E-state index contributed by atoms with van der Waals surface area (Å²) < 4.78 is 0. The van der Waals surface area contributed by atoms with Gasteiger partial charge >= 0.3 is 5.97 Å². The Morgan fingerprint density at radius 2 is 2.25 bits per heavy atom. The first-order valence-corrected chi connectivity index (χ1v) is 6.50. The number of aromatic nitrogens is 2. The van der Waals surface area contributed by atoms with E-state index in [4.69, 9.17) is 5.11 Å². The smallest absolute Gasteiger partial charge is 0.339 e. The minimum atomic E-state index is -0.954. The number of aryl methyl sites for hydroxylation is 1. The molecule has 1 aromatic rings. The molecule has 1 heterocycles. The second kappa shape index (κ2) is 6.48. The van der Waals surface area contributed by atoms with Gasteiger partial charge in [0.1, 0.15) is 5.82 Å². The molecule has 0 aliphatic rings. The molecule has 0 fully saturated rings. The maximum Gasteiger partial charge on any atom is 0.339 e. The van der Waals surface area contributed by atoms with Crippen LogP contribution >= 0.6 is 11.8 Å². The van der Waals surface area contributed by atoms with Crippen molar-refractivity contribution in [3.05, 3.63) is 23.3 Å². The molecule has 0 amide bonds. The Hall–Kier alpha value is -1.10. The van der Waals surface area contributed by atoms with Crippen LogP contribution in [-0.4, -0.2) is 26.8 Å². The van der Waals surface area contributed by atoms with E-state index in [0.29, 0.717) is 12.1 Å². The van der Waals surface area contributed by atoms with Gasteiger partial charge in [0.05, 0.1) is 17.0 Å². The Morgan fingerprint density at radius 1 is 1.50 bits per heavy atom. The van der Waals surface area contributed by atoms with E-state index >= 15 is 0 Å². The van der Waals surface area contributed by atoms with Crippen LogP contribution in [-0.2, 0) is 12.2 Å². The van der Waals surface area contributed by atoms with Gasteiger partial charge in [-0.2, -0.15) is 11.8 Å². The predicted octanol–water partition coefficient (Wildman–Crippen LogP) is 2.38. The molecule has 0 atom stereocenters. The van der Waals surface area contributed by atoms with Gasteiger partial charge in [-0.15, -0.1) is 0 Å². The maximum absolute atomic E-state index is 10.9. The third kappa shape index (κ3) is 3.48. The molecule has 0 aliphatic heterocycles. The fraction of sp³-hybridized carbons (Fsp3) is 0.545. The molecule has 5 heteroatoms. The number of thioether (sulfide) groups is 1. The number of aromatic carboxylic acids is 1. The van der Waals surface area contributed by atoms with Gasteiger partial charge in [-0.3, -0.25) is 0 Å². The quantitative estimate of drug-likeness (QED) is 0.773. The Kier molecular flexibility index (Phi) is 5.25. The second-order valence-corrected chi connectivity index (χ2v) is 4.46. The summed E-state index contributed by atoms with van der Waals surface area (Å²) in [7, 11) is 0. The number of hydrogen-bond acceptors (Lipinski definition) is 4. The molecule has 1 aromatic heterocycles. The first-order chi connectivity index (χ1) is 7.69. The highest BCUT2D eigenvalue weighted by Crippen LogP contribution is 2.12. The lowest BCUT2D eigenvalue weighted by atomic mass is 10.2. The average Bonchev–Trinajstić information content (AvgIpc) is 2.29. The van der Waals surface area contributed by atoms with E-state index in [1.165, 1.54) is 6.20 Å². The molecular formula is C11H16N2O2S. The van der Waals surface area contributed by atoms with Crippen LogP contribution in [0.15, 0.2) is 6.20 Å². The molecular weight excluding hydrogens is 224 g/mol. The van der Waals surface area contributed by atoms with Crippen LogP contribution in [0.25, 0.3) is 0 Å². The van der Waals surface area contributed by atoms with Crippen LogP contribution in [0.4, 0.5) is 0 Å². The molecule has 1 rings (SSSR count). The van der Waals surface area contributed by atoms with Crippen molar-refractivity contribution >= 4 is 17.7 Å². The third-order valence-electron chi connectivity index (χ3n) is 2.06. The molecule has 0 saturated heterocycles. The summed E-state index contributed by atoms with van der Waals surface area (Å²) in [5, 5.41) is 8.92. The molecule has 1 N–H and O–H groups in total. The van der Waals surface area contributed by atoms with Crippen molar-refractivity contribution in [1.29, 1.82) is 0 Å². The normalized spacial score (nSPS) is 10.4. The van der Waals surface area contributed by atoms with Crippen LogP contribution in [0.1, 0.15) is 42.1 Å². The van der Waals surface area contributed by atoms with Crippen LogP contribution in [0, 0.1) is 0 Å². The van der Waals surface area contributed by atoms with Gasteiger partial charge in [-0.05, 0) is 18.6 Å². The minimum absolute atomic E-state index is 0.215. The second-order valence-electron chi connectivity index (χ2n) is 3.36. The molecule has 88 valence electrons. The van der Waals surface area contributed by atoms with Gasteiger partial charge in [0, 0.05) is 6.20 Å². The monoisotopic (exact) mass is 240 g/mol. The van der Waals surface area contributed by atoms with Crippen molar-refractivity contribution in [3.63, 3.8) is 0 Å². The predicted molar refractivity (Wildman–Crippen MR) is 64.8 cm³/mol. The van der Waals surface area contributed by atoms with Crippen molar-refractivity contribution < 1.29 is 9.90 Å². The summed E-state index contributed by atoms with van der Waals surface area (Å²) in [4.78, 5) is 19.2. The van der Waals surface area contributed by atoms with Crippen LogP contribution in [0.5, 0.6) is 0 Å². The highest BCUT2D eigenvalue weighted by atomic mass is 32.2. The van der Waals surface area contributed by atoms with E-state index in [2.05, 4.69) is 16.9 Å². The zero-order valence-corrected chi connectivity index (χ0v) is 10.4. The molecule has 16 heavy (non-hydrogen) atoms. The van der Waals surface area contributed by atoms with Crippen molar-refractivity contribution in [2.75, 3.05) is 5.75 Å². The average molecular weight is 240 g/mol. The standard InChI is InChI=1S/C11H16N2O2S/c1-3-5-16-7-10-12-6-8(11(14)15)9(4-2)13-10/h6H,3-5,7H2,1-2H3,(H,14,15). The molecule has 0 unspecified atom stereocenters. The number of hydrogen-bond donors (Lipinski definition) is 1. The Morgan fingerprint density at radius 3 is 2.81 bits per heavy atom. The van der Waals surface area contributed by atoms with Gasteiger partial charge in [0.25, 0.3) is 0 Å². The topological polar surface area (TPSA) is 63.1 Å². The van der Waals surface area contributed by atoms with Crippen LogP contribution in [0.3, 0.4) is 0 Å². The van der Waals surface area contributed by atoms with Gasteiger partial charge in [0.15, 0.2) is 0 Å². The third-order valence-corrected chi connectivity index (χ3v) is 3.22. The summed E-state index contributed by atoms with van der Waals surface area (Å²) in [6.45, 7) is 4.02. The van der Waals surface area contributed by atoms with Gasteiger partial charge in [-0.25, -0.2) is 14.8 Å². The summed E-state index contributed by atoms with van der Waals surface area (Å²) in [5.74, 6) is 1.59. The zero-order chi connectivity index (χ0) is 12.0. The summed E-state index contributed by atoms with van der Waals surface area (Å²) in [6.07, 6.45) is 3.16. The molecule has 0 aliphatic carbocycles. The van der Waals surface area contributed by atoms with Crippen LogP contribution < -0.4 is 0 Å². The Balaban J connectivity index is 2.78. The summed E-state index contributed by atoms with van der Waals surface area (Å²) >= 11 is 1.77. The number of carboxylic acids is 1. The van der Waals surface area contributed by atoms with E-state index < -0.39 is 5.97 Å². The molecule has 0 spiro atoms. The number of carbonyl (C=O) groups is 1. The summed E-state index contributed by atoms with van der Waals surface area (Å²) in [6, 6.07) is 0. The van der Waals surface area contributed by atoms with E-state index in [9.17, 15) is 4.79 Å². The first-order valence-electron chi connectivity index (χ1n) is 5.34.